The Hall–Kier alpha value is -3.96. The standard InChI is InChI=1S/C24H28O12/c1-11(2)21(29)33-7-9-35-23(31)17-13-5-6-14(15(17)19(25)26)18(16(13)20(27)28)24(32)36-10-8-34-22(30)12(3)4/h5-6,13-18H,1,3,7-10H2,2,4H3,(H,25,26)(H,27,28). The average molecular weight is 508 g/mol. The van der Waals surface area contributed by atoms with Crippen molar-refractivity contribution in [3.05, 3.63) is 36.5 Å². The number of allylic oxidation sites excluding steroid dienone is 2. The molecule has 0 spiro atoms. The molecule has 1 saturated carbocycles. The fourth-order valence-corrected chi connectivity index (χ4v) is 4.38. The first-order valence-electron chi connectivity index (χ1n) is 11.0. The molecule has 0 radical (unpaired) electrons. The fourth-order valence-electron chi connectivity index (χ4n) is 4.38. The summed E-state index contributed by atoms with van der Waals surface area (Å²) in [4.78, 5) is 72.7. The van der Waals surface area contributed by atoms with Gasteiger partial charge >= 0.3 is 35.8 Å². The predicted molar refractivity (Wildman–Crippen MR) is 119 cm³/mol. The van der Waals surface area contributed by atoms with Crippen LogP contribution in [0.2, 0.25) is 0 Å². The highest BCUT2D eigenvalue weighted by Gasteiger charge is 2.61. The van der Waals surface area contributed by atoms with Crippen LogP contribution in [0, 0.1) is 35.5 Å². The molecule has 3 aliphatic rings. The van der Waals surface area contributed by atoms with Crippen LogP contribution in [-0.2, 0) is 47.7 Å². The van der Waals surface area contributed by atoms with Crippen LogP contribution in [0.3, 0.4) is 0 Å². The van der Waals surface area contributed by atoms with Crippen LogP contribution in [0.1, 0.15) is 13.8 Å². The number of hydrogen-bond acceptors (Lipinski definition) is 10. The lowest BCUT2D eigenvalue weighted by atomic mass is 9.53. The van der Waals surface area contributed by atoms with Crippen molar-refractivity contribution in [2.45, 2.75) is 13.8 Å². The molecule has 36 heavy (non-hydrogen) atoms. The molecule has 0 saturated heterocycles. The minimum Gasteiger partial charge on any atom is -0.481 e. The second kappa shape index (κ2) is 12.1. The van der Waals surface area contributed by atoms with E-state index in [-0.39, 0.29) is 37.6 Å². The van der Waals surface area contributed by atoms with Gasteiger partial charge in [0.25, 0.3) is 0 Å². The largest absolute Gasteiger partial charge is 0.481 e. The Morgan fingerprint density at radius 3 is 1.19 bits per heavy atom. The number of esters is 4. The number of carboxylic acids is 2. The highest BCUT2D eigenvalue weighted by atomic mass is 16.6. The number of carbonyl (C=O) groups is 6. The van der Waals surface area contributed by atoms with Crippen LogP contribution in [0.15, 0.2) is 36.5 Å². The predicted octanol–water partition coefficient (Wildman–Crippen LogP) is 0.761. The first kappa shape index (κ1) is 28.3. The Balaban J connectivity index is 2.14. The lowest BCUT2D eigenvalue weighted by molar-refractivity contribution is -0.183. The normalized spacial score (nSPS) is 25.8. The minimum atomic E-state index is -1.46. The molecule has 0 aliphatic heterocycles. The Morgan fingerprint density at radius 1 is 0.611 bits per heavy atom. The van der Waals surface area contributed by atoms with Crippen molar-refractivity contribution in [3.63, 3.8) is 0 Å². The molecule has 196 valence electrons. The molecule has 1 fully saturated rings. The van der Waals surface area contributed by atoms with E-state index in [1.54, 1.807) is 0 Å². The molecule has 2 N–H and O–H groups in total. The molecule has 3 rings (SSSR count). The molecular weight excluding hydrogens is 480 g/mol. The van der Waals surface area contributed by atoms with Crippen LogP contribution in [0.4, 0.5) is 0 Å². The van der Waals surface area contributed by atoms with Gasteiger partial charge in [-0.05, 0) is 13.8 Å². The smallest absolute Gasteiger partial charge is 0.333 e. The minimum absolute atomic E-state index is 0.137. The van der Waals surface area contributed by atoms with E-state index in [9.17, 15) is 39.0 Å². The number of hydrogen-bond donors (Lipinski definition) is 2. The molecule has 6 unspecified atom stereocenters. The van der Waals surface area contributed by atoms with Gasteiger partial charge in [0.15, 0.2) is 0 Å². The van der Waals surface area contributed by atoms with Crippen molar-refractivity contribution < 1.29 is 57.9 Å². The SMILES string of the molecule is C=C(C)C(=O)OCCOC(=O)C1C2C=CC(C1C(=O)O)C(C(=O)OCCOC(=O)C(=C)C)C2C(=O)O. The summed E-state index contributed by atoms with van der Waals surface area (Å²) in [6, 6.07) is 0. The molecule has 0 heterocycles. The summed E-state index contributed by atoms with van der Waals surface area (Å²) in [5.74, 6) is -14.2. The lowest BCUT2D eigenvalue weighted by Gasteiger charge is -2.48. The van der Waals surface area contributed by atoms with Crippen LogP contribution >= 0.6 is 0 Å². The Morgan fingerprint density at radius 2 is 0.917 bits per heavy atom. The van der Waals surface area contributed by atoms with Crippen molar-refractivity contribution in [2.24, 2.45) is 35.5 Å². The molecule has 0 aromatic rings. The van der Waals surface area contributed by atoms with E-state index in [2.05, 4.69) is 13.2 Å². The van der Waals surface area contributed by atoms with Gasteiger partial charge < -0.3 is 29.2 Å². The van der Waals surface area contributed by atoms with Crippen molar-refractivity contribution in [2.75, 3.05) is 26.4 Å². The summed E-state index contributed by atoms with van der Waals surface area (Å²) in [5.41, 5.74) is 0.274. The maximum Gasteiger partial charge on any atom is 0.333 e. The van der Waals surface area contributed by atoms with Gasteiger partial charge in [-0.25, -0.2) is 9.59 Å². The molecule has 0 amide bonds. The highest BCUT2D eigenvalue weighted by molar-refractivity contribution is 5.90. The van der Waals surface area contributed by atoms with Crippen LogP contribution in [0.5, 0.6) is 0 Å². The summed E-state index contributed by atoms with van der Waals surface area (Å²) in [5, 5.41) is 19.7. The van der Waals surface area contributed by atoms with E-state index in [0.717, 1.165) is 0 Å². The summed E-state index contributed by atoms with van der Waals surface area (Å²) in [7, 11) is 0. The number of rotatable bonds is 12. The molecule has 12 nitrogen and oxygen atoms in total. The first-order valence-corrected chi connectivity index (χ1v) is 11.0. The van der Waals surface area contributed by atoms with Crippen molar-refractivity contribution in [3.8, 4) is 0 Å². The zero-order valence-electron chi connectivity index (χ0n) is 19.8. The monoisotopic (exact) mass is 508 g/mol. The number of ether oxygens (including phenoxy) is 4. The average Bonchev–Trinajstić information content (AvgIpc) is 2.82. The first-order chi connectivity index (χ1) is 16.9. The Kier molecular flexibility index (Phi) is 9.53. The van der Waals surface area contributed by atoms with Crippen LogP contribution < -0.4 is 0 Å². The van der Waals surface area contributed by atoms with Gasteiger partial charge in [0, 0.05) is 23.0 Å². The molecule has 2 bridgehead atoms. The maximum absolute atomic E-state index is 12.8. The fraction of sp³-hybridized carbons (Fsp3) is 0.500. The zero-order chi connectivity index (χ0) is 27.2. The van der Waals surface area contributed by atoms with Gasteiger partial charge in [0.1, 0.15) is 26.4 Å². The van der Waals surface area contributed by atoms with E-state index in [4.69, 9.17) is 18.9 Å². The quantitative estimate of drug-likeness (QED) is 0.124. The van der Waals surface area contributed by atoms with E-state index in [1.807, 2.05) is 0 Å². The van der Waals surface area contributed by atoms with E-state index in [1.165, 1.54) is 26.0 Å². The topological polar surface area (TPSA) is 180 Å². The van der Waals surface area contributed by atoms with Crippen molar-refractivity contribution in [1.29, 1.82) is 0 Å². The number of carbonyl (C=O) groups excluding carboxylic acids is 4. The maximum atomic E-state index is 12.8. The summed E-state index contributed by atoms with van der Waals surface area (Å²) >= 11 is 0. The Bertz CT molecular complexity index is 915. The third kappa shape index (κ3) is 6.37. The summed E-state index contributed by atoms with van der Waals surface area (Å²) in [6.07, 6.45) is 2.79. The molecule has 12 heteroatoms. The zero-order valence-corrected chi connectivity index (χ0v) is 19.8. The van der Waals surface area contributed by atoms with E-state index < -0.39 is 71.3 Å². The third-order valence-electron chi connectivity index (χ3n) is 5.92. The number of aliphatic carboxylic acids is 2. The van der Waals surface area contributed by atoms with Crippen molar-refractivity contribution in [1.82, 2.24) is 0 Å². The van der Waals surface area contributed by atoms with E-state index in [0.29, 0.717) is 0 Å². The molecule has 0 aromatic carbocycles. The third-order valence-corrected chi connectivity index (χ3v) is 5.92. The van der Waals surface area contributed by atoms with Crippen molar-refractivity contribution >= 4 is 35.8 Å². The van der Waals surface area contributed by atoms with Gasteiger partial charge in [-0.1, -0.05) is 25.3 Å². The molecule has 3 aliphatic carbocycles. The molecular formula is C24H28O12. The second-order valence-corrected chi connectivity index (χ2v) is 8.49. The van der Waals surface area contributed by atoms with Crippen LogP contribution in [-0.4, -0.2) is 72.5 Å². The lowest BCUT2D eigenvalue weighted by Crippen LogP contribution is -2.58. The van der Waals surface area contributed by atoms with Crippen LogP contribution in [0.25, 0.3) is 0 Å². The van der Waals surface area contributed by atoms with Gasteiger partial charge in [-0.3, -0.25) is 19.2 Å². The summed E-state index contributed by atoms with van der Waals surface area (Å²) < 4.78 is 19.8. The Labute approximate surface area is 206 Å². The number of fused-ring (bicyclic) bond motifs is 2. The van der Waals surface area contributed by atoms with Gasteiger partial charge in [-0.15, -0.1) is 0 Å². The highest BCUT2D eigenvalue weighted by Crippen LogP contribution is 2.52. The molecule has 0 aromatic heterocycles. The summed E-state index contributed by atoms with van der Waals surface area (Å²) in [6.45, 7) is 8.30. The van der Waals surface area contributed by atoms with Gasteiger partial charge in [0.05, 0.1) is 23.7 Å². The second-order valence-electron chi connectivity index (χ2n) is 8.49. The molecule has 6 atom stereocenters. The van der Waals surface area contributed by atoms with Gasteiger partial charge in [-0.2, -0.15) is 0 Å². The van der Waals surface area contributed by atoms with Gasteiger partial charge in [0.2, 0.25) is 0 Å². The van der Waals surface area contributed by atoms with E-state index >= 15 is 0 Å². The number of carboxylic acid groups (broad SMARTS) is 2.